The van der Waals surface area contributed by atoms with E-state index in [-0.39, 0.29) is 18.5 Å². The predicted octanol–water partition coefficient (Wildman–Crippen LogP) is 0.538. The molecule has 0 radical (unpaired) electrons. The summed E-state index contributed by atoms with van der Waals surface area (Å²) in [4.78, 5) is 11.4. The molecule has 0 aliphatic carbocycles. The standard InChI is InChI=1S/C11H16N4O/c1-9(13)10-3-6-15(7-10)8-11(16)14-5-2-4-12/h3,6-7,9H,2,5,8,13H2,1H3,(H,14,16). The van der Waals surface area contributed by atoms with Gasteiger partial charge in [-0.1, -0.05) is 0 Å². The molecule has 0 aromatic carbocycles. The normalized spacial score (nSPS) is 11.8. The van der Waals surface area contributed by atoms with Gasteiger partial charge in [-0.25, -0.2) is 0 Å². The van der Waals surface area contributed by atoms with Gasteiger partial charge in [0.15, 0.2) is 0 Å². The lowest BCUT2D eigenvalue weighted by Crippen LogP contribution is -2.27. The summed E-state index contributed by atoms with van der Waals surface area (Å²) in [6.07, 6.45) is 4.01. The van der Waals surface area contributed by atoms with Gasteiger partial charge in [-0.3, -0.25) is 4.79 Å². The van der Waals surface area contributed by atoms with Crippen LogP contribution in [-0.2, 0) is 11.3 Å². The van der Waals surface area contributed by atoms with Crippen LogP contribution >= 0.6 is 0 Å². The summed E-state index contributed by atoms with van der Waals surface area (Å²) in [6.45, 7) is 2.56. The lowest BCUT2D eigenvalue weighted by atomic mass is 10.2. The smallest absolute Gasteiger partial charge is 0.239 e. The Balaban J connectivity index is 2.41. The maximum atomic E-state index is 11.4. The Morgan fingerprint density at radius 2 is 2.50 bits per heavy atom. The van der Waals surface area contributed by atoms with Gasteiger partial charge in [-0.2, -0.15) is 5.26 Å². The van der Waals surface area contributed by atoms with Crippen molar-refractivity contribution in [2.45, 2.75) is 25.9 Å². The van der Waals surface area contributed by atoms with E-state index < -0.39 is 0 Å². The predicted molar refractivity (Wildman–Crippen MR) is 60.3 cm³/mol. The van der Waals surface area contributed by atoms with Crippen LogP contribution in [0.5, 0.6) is 0 Å². The number of nitrogens with one attached hydrogen (secondary N) is 1. The lowest BCUT2D eigenvalue weighted by molar-refractivity contribution is -0.121. The molecule has 1 unspecified atom stereocenters. The van der Waals surface area contributed by atoms with Crippen LogP contribution < -0.4 is 11.1 Å². The lowest BCUT2D eigenvalue weighted by Gasteiger charge is -2.04. The Morgan fingerprint density at radius 1 is 1.75 bits per heavy atom. The summed E-state index contributed by atoms with van der Waals surface area (Å²) in [7, 11) is 0. The van der Waals surface area contributed by atoms with E-state index in [4.69, 9.17) is 11.0 Å². The molecule has 0 aliphatic rings. The van der Waals surface area contributed by atoms with Crippen molar-refractivity contribution in [2.24, 2.45) is 5.73 Å². The van der Waals surface area contributed by atoms with E-state index in [9.17, 15) is 4.79 Å². The number of carbonyl (C=O) groups excluding carboxylic acids is 1. The molecular weight excluding hydrogens is 204 g/mol. The van der Waals surface area contributed by atoms with Crippen molar-refractivity contribution in [1.29, 1.82) is 5.26 Å². The summed E-state index contributed by atoms with van der Waals surface area (Å²) in [5, 5.41) is 11.0. The van der Waals surface area contributed by atoms with E-state index in [1.165, 1.54) is 0 Å². The van der Waals surface area contributed by atoms with E-state index in [1.807, 2.05) is 31.5 Å². The Labute approximate surface area is 94.8 Å². The summed E-state index contributed by atoms with van der Waals surface area (Å²) >= 11 is 0. The Bertz CT molecular complexity index is 389. The SMILES string of the molecule is CC(N)c1ccn(CC(=O)NCCC#N)c1. The molecule has 0 fully saturated rings. The number of nitrogens with two attached hydrogens (primary N) is 1. The van der Waals surface area contributed by atoms with Crippen molar-refractivity contribution in [3.8, 4) is 6.07 Å². The van der Waals surface area contributed by atoms with Crippen molar-refractivity contribution in [3.05, 3.63) is 24.0 Å². The van der Waals surface area contributed by atoms with Gasteiger partial charge in [-0.15, -0.1) is 0 Å². The van der Waals surface area contributed by atoms with Crippen LogP contribution in [0.15, 0.2) is 18.5 Å². The van der Waals surface area contributed by atoms with Crippen LogP contribution in [0.2, 0.25) is 0 Å². The first-order valence-corrected chi connectivity index (χ1v) is 5.18. The van der Waals surface area contributed by atoms with Crippen molar-refractivity contribution < 1.29 is 4.79 Å². The molecule has 1 atom stereocenters. The zero-order chi connectivity index (χ0) is 12.0. The molecule has 1 aromatic rings. The number of rotatable bonds is 5. The number of amides is 1. The summed E-state index contributed by atoms with van der Waals surface area (Å²) in [5.41, 5.74) is 6.71. The van der Waals surface area contributed by atoms with Gasteiger partial charge in [0, 0.05) is 25.0 Å². The molecule has 0 spiro atoms. The van der Waals surface area contributed by atoms with Crippen molar-refractivity contribution >= 4 is 5.91 Å². The molecule has 1 heterocycles. The van der Waals surface area contributed by atoms with Crippen LogP contribution in [0.1, 0.15) is 24.9 Å². The fourth-order valence-electron chi connectivity index (χ4n) is 1.31. The second-order valence-electron chi connectivity index (χ2n) is 3.66. The maximum absolute atomic E-state index is 11.4. The zero-order valence-electron chi connectivity index (χ0n) is 9.31. The van der Waals surface area contributed by atoms with Crippen molar-refractivity contribution in [2.75, 3.05) is 6.54 Å². The fraction of sp³-hybridized carbons (Fsp3) is 0.455. The van der Waals surface area contributed by atoms with Gasteiger partial charge in [0.25, 0.3) is 0 Å². The van der Waals surface area contributed by atoms with Crippen LogP contribution in [0.4, 0.5) is 0 Å². The Kier molecular flexibility index (Phi) is 4.55. The third kappa shape index (κ3) is 3.75. The monoisotopic (exact) mass is 220 g/mol. The highest BCUT2D eigenvalue weighted by molar-refractivity contribution is 5.75. The Hall–Kier alpha value is -1.80. The number of hydrogen-bond donors (Lipinski definition) is 2. The third-order valence-electron chi connectivity index (χ3n) is 2.18. The average molecular weight is 220 g/mol. The first kappa shape index (κ1) is 12.3. The van der Waals surface area contributed by atoms with Gasteiger partial charge in [0.05, 0.1) is 12.5 Å². The Morgan fingerprint density at radius 3 is 3.06 bits per heavy atom. The first-order chi connectivity index (χ1) is 7.63. The summed E-state index contributed by atoms with van der Waals surface area (Å²) < 4.78 is 1.78. The highest BCUT2D eigenvalue weighted by Gasteiger charge is 2.04. The molecule has 0 saturated carbocycles. The number of nitrogens with zero attached hydrogens (tertiary/aromatic N) is 2. The third-order valence-corrected chi connectivity index (χ3v) is 2.18. The second kappa shape index (κ2) is 5.93. The topological polar surface area (TPSA) is 83.8 Å². The first-order valence-electron chi connectivity index (χ1n) is 5.18. The number of carbonyl (C=O) groups is 1. The quantitative estimate of drug-likeness (QED) is 0.710. The van der Waals surface area contributed by atoms with Gasteiger partial charge in [-0.05, 0) is 18.6 Å². The van der Waals surface area contributed by atoms with E-state index >= 15 is 0 Å². The molecule has 1 aromatic heterocycles. The van der Waals surface area contributed by atoms with Crippen molar-refractivity contribution in [3.63, 3.8) is 0 Å². The van der Waals surface area contributed by atoms with E-state index in [1.54, 1.807) is 4.57 Å². The maximum Gasteiger partial charge on any atom is 0.239 e. The molecule has 5 heteroatoms. The molecule has 0 saturated heterocycles. The number of hydrogen-bond acceptors (Lipinski definition) is 3. The minimum atomic E-state index is -0.0953. The van der Waals surface area contributed by atoms with Crippen LogP contribution in [0, 0.1) is 11.3 Å². The minimum absolute atomic E-state index is 0.0251. The molecule has 1 amide bonds. The molecule has 0 bridgehead atoms. The van der Waals surface area contributed by atoms with Crippen LogP contribution in [0.25, 0.3) is 0 Å². The van der Waals surface area contributed by atoms with Gasteiger partial charge >= 0.3 is 0 Å². The number of nitriles is 1. The molecule has 86 valence electrons. The summed E-state index contributed by atoms with van der Waals surface area (Å²) in [6, 6.07) is 3.84. The zero-order valence-corrected chi connectivity index (χ0v) is 9.31. The molecule has 16 heavy (non-hydrogen) atoms. The van der Waals surface area contributed by atoms with Crippen LogP contribution in [0.3, 0.4) is 0 Å². The molecule has 0 aliphatic heterocycles. The number of aromatic nitrogens is 1. The highest BCUT2D eigenvalue weighted by Crippen LogP contribution is 2.09. The highest BCUT2D eigenvalue weighted by atomic mass is 16.1. The van der Waals surface area contributed by atoms with Gasteiger partial charge < -0.3 is 15.6 Å². The molecule has 1 rings (SSSR count). The van der Waals surface area contributed by atoms with E-state index in [2.05, 4.69) is 5.32 Å². The van der Waals surface area contributed by atoms with E-state index in [0.717, 1.165) is 5.56 Å². The van der Waals surface area contributed by atoms with Crippen molar-refractivity contribution in [1.82, 2.24) is 9.88 Å². The largest absolute Gasteiger partial charge is 0.354 e. The molecular formula is C11H16N4O. The minimum Gasteiger partial charge on any atom is -0.354 e. The summed E-state index contributed by atoms with van der Waals surface area (Å²) in [5.74, 6) is -0.0953. The molecule has 3 N–H and O–H groups in total. The van der Waals surface area contributed by atoms with Gasteiger partial charge in [0.2, 0.25) is 5.91 Å². The van der Waals surface area contributed by atoms with E-state index in [0.29, 0.717) is 13.0 Å². The fourth-order valence-corrected chi connectivity index (χ4v) is 1.31. The second-order valence-corrected chi connectivity index (χ2v) is 3.66. The average Bonchev–Trinajstić information content (AvgIpc) is 2.66. The van der Waals surface area contributed by atoms with Gasteiger partial charge in [0.1, 0.15) is 6.54 Å². The van der Waals surface area contributed by atoms with Crippen LogP contribution in [-0.4, -0.2) is 17.0 Å². The molecule has 5 nitrogen and oxygen atoms in total.